The Morgan fingerprint density at radius 2 is 2.08 bits per heavy atom. The number of carbonyl (C=O) groups is 1. The maximum atomic E-state index is 15.5. The van der Waals surface area contributed by atoms with Gasteiger partial charge in [-0.2, -0.15) is 4.98 Å². The molecule has 0 aliphatic carbocycles. The van der Waals surface area contributed by atoms with E-state index in [0.29, 0.717) is 40.1 Å². The van der Waals surface area contributed by atoms with Gasteiger partial charge in [0.25, 0.3) is 0 Å². The van der Waals surface area contributed by atoms with E-state index in [1.807, 2.05) is 18.3 Å². The molecular weight excluding hydrogens is 489 g/mol. The number of nitrogens with two attached hydrogens (primary N) is 1. The molecule has 0 radical (unpaired) electrons. The van der Waals surface area contributed by atoms with Crippen LogP contribution in [-0.2, 0) is 0 Å². The van der Waals surface area contributed by atoms with Crippen LogP contribution in [0.5, 0.6) is 0 Å². The van der Waals surface area contributed by atoms with E-state index in [2.05, 4.69) is 47.5 Å². The molecule has 11 nitrogen and oxygen atoms in total. The molecule has 1 fully saturated rings. The molecule has 196 valence electrons. The molecule has 3 aromatic heterocycles. The molecule has 0 bridgehead atoms. The predicted octanol–water partition coefficient (Wildman–Crippen LogP) is 3.16. The first-order chi connectivity index (χ1) is 18.3. The highest BCUT2D eigenvalue weighted by atomic mass is 19.1. The van der Waals surface area contributed by atoms with Gasteiger partial charge in [-0.15, -0.1) is 0 Å². The molecule has 5 rings (SSSR count). The Balaban J connectivity index is 1.34. The van der Waals surface area contributed by atoms with Crippen molar-refractivity contribution in [2.45, 2.75) is 32.7 Å². The number of rotatable bonds is 7. The number of piperazine rings is 1. The van der Waals surface area contributed by atoms with Gasteiger partial charge in [0.2, 0.25) is 0 Å². The van der Waals surface area contributed by atoms with Gasteiger partial charge in [-0.3, -0.25) is 4.79 Å². The van der Waals surface area contributed by atoms with Gasteiger partial charge in [-0.25, -0.2) is 19.3 Å². The van der Waals surface area contributed by atoms with Gasteiger partial charge in [-0.1, -0.05) is 18.1 Å². The van der Waals surface area contributed by atoms with Gasteiger partial charge >= 0.3 is 11.8 Å². The van der Waals surface area contributed by atoms with E-state index < -0.39 is 17.6 Å². The van der Waals surface area contributed by atoms with Crippen molar-refractivity contribution in [3.8, 4) is 11.3 Å². The first-order valence-corrected chi connectivity index (χ1v) is 12.3. The van der Waals surface area contributed by atoms with Crippen molar-refractivity contribution in [1.29, 1.82) is 0 Å². The second-order valence-corrected chi connectivity index (χ2v) is 9.25. The first kappa shape index (κ1) is 25.2. The third-order valence-corrected chi connectivity index (χ3v) is 6.71. The molecule has 4 N–H and O–H groups in total. The van der Waals surface area contributed by atoms with Crippen molar-refractivity contribution in [3.05, 3.63) is 71.5 Å². The normalized spacial score (nSPS) is 16.3. The van der Waals surface area contributed by atoms with Crippen LogP contribution in [0.2, 0.25) is 0 Å². The standard InChI is InChI=1S/C26H28FN9O2/c1-14-11-29-8-9-36(14)17-4-7-21(30-12-17)33-22-10-20(31-13-32-22)19-6-5-18(15(2)23(19)27)16(3)25-34-26(24(28)37)38-35-25/h4-7,10,12-14,16,29H,8-9,11H2,1-3H3,(H2,28,37)(H,30,31,32,33)/t14-,16+/m0/s1. The summed E-state index contributed by atoms with van der Waals surface area (Å²) in [6.45, 7) is 8.46. The summed E-state index contributed by atoms with van der Waals surface area (Å²) in [7, 11) is 0. The topological polar surface area (TPSA) is 148 Å². The van der Waals surface area contributed by atoms with Crippen molar-refractivity contribution in [2.75, 3.05) is 29.9 Å². The zero-order chi connectivity index (χ0) is 26.8. The summed E-state index contributed by atoms with van der Waals surface area (Å²) < 4.78 is 20.4. The van der Waals surface area contributed by atoms with Crippen molar-refractivity contribution in [1.82, 2.24) is 30.4 Å². The third-order valence-electron chi connectivity index (χ3n) is 6.71. The van der Waals surface area contributed by atoms with E-state index in [0.717, 1.165) is 25.3 Å². The molecule has 0 spiro atoms. The molecule has 0 saturated carbocycles. The average molecular weight is 518 g/mol. The molecule has 2 atom stereocenters. The molecule has 0 unspecified atom stereocenters. The van der Waals surface area contributed by atoms with E-state index in [9.17, 15) is 4.79 Å². The highest BCUT2D eigenvalue weighted by molar-refractivity contribution is 5.87. The maximum absolute atomic E-state index is 15.5. The summed E-state index contributed by atoms with van der Waals surface area (Å²) in [6.07, 6.45) is 3.22. The number of nitrogens with zero attached hydrogens (tertiary/aromatic N) is 6. The van der Waals surface area contributed by atoms with E-state index >= 15 is 4.39 Å². The van der Waals surface area contributed by atoms with Crippen LogP contribution >= 0.6 is 0 Å². The summed E-state index contributed by atoms with van der Waals surface area (Å²) in [6, 6.07) is 9.42. The van der Waals surface area contributed by atoms with Gasteiger partial charge in [0.1, 0.15) is 23.8 Å². The van der Waals surface area contributed by atoms with Crippen LogP contribution in [0.1, 0.15) is 47.4 Å². The summed E-state index contributed by atoms with van der Waals surface area (Å²) >= 11 is 0. The maximum Gasteiger partial charge on any atom is 0.315 e. The highest BCUT2D eigenvalue weighted by Gasteiger charge is 2.23. The lowest BCUT2D eigenvalue weighted by atomic mass is 9.93. The zero-order valence-electron chi connectivity index (χ0n) is 21.3. The molecule has 4 heterocycles. The highest BCUT2D eigenvalue weighted by Crippen LogP contribution is 2.32. The van der Waals surface area contributed by atoms with Crippen molar-refractivity contribution in [3.63, 3.8) is 0 Å². The lowest BCUT2D eigenvalue weighted by Gasteiger charge is -2.35. The van der Waals surface area contributed by atoms with Crippen LogP contribution in [0, 0.1) is 12.7 Å². The first-order valence-electron chi connectivity index (χ1n) is 12.3. The van der Waals surface area contributed by atoms with Gasteiger partial charge in [0, 0.05) is 43.2 Å². The lowest BCUT2D eigenvalue weighted by molar-refractivity contribution is 0.0958. The fraction of sp³-hybridized carbons (Fsp3) is 0.308. The smallest absolute Gasteiger partial charge is 0.315 e. The van der Waals surface area contributed by atoms with Gasteiger partial charge in [-0.05, 0) is 43.2 Å². The molecule has 1 aliphatic heterocycles. The number of hydrogen-bond acceptors (Lipinski definition) is 10. The SMILES string of the molecule is Cc1c([C@@H](C)c2noc(C(N)=O)n2)ccc(-c2cc(Nc3ccc(N4CCNC[C@@H]4C)cn3)ncn2)c1F. The second-order valence-electron chi connectivity index (χ2n) is 9.25. The Kier molecular flexibility index (Phi) is 6.97. The van der Waals surface area contributed by atoms with Crippen LogP contribution in [0.25, 0.3) is 11.3 Å². The Hall–Kier alpha value is -4.45. The number of hydrogen-bond donors (Lipinski definition) is 3. The minimum Gasteiger partial charge on any atom is -0.365 e. The third kappa shape index (κ3) is 5.02. The summed E-state index contributed by atoms with van der Waals surface area (Å²) in [5.41, 5.74) is 8.06. The van der Waals surface area contributed by atoms with E-state index in [4.69, 9.17) is 10.3 Å². The fourth-order valence-electron chi connectivity index (χ4n) is 4.58. The van der Waals surface area contributed by atoms with Crippen LogP contribution in [-0.4, -0.2) is 56.7 Å². The quantitative estimate of drug-likeness (QED) is 0.334. The summed E-state index contributed by atoms with van der Waals surface area (Å²) in [5.74, 6) is -0.592. The fourth-order valence-corrected chi connectivity index (χ4v) is 4.58. The number of pyridine rings is 1. The van der Waals surface area contributed by atoms with Gasteiger partial charge in [0.05, 0.1) is 17.6 Å². The largest absolute Gasteiger partial charge is 0.365 e. The summed E-state index contributed by atoms with van der Waals surface area (Å²) in [5, 5.41) is 10.4. The molecule has 4 aromatic rings. The average Bonchev–Trinajstić information content (AvgIpc) is 3.42. The number of anilines is 3. The van der Waals surface area contributed by atoms with E-state index in [1.165, 1.54) is 6.33 Å². The molecule has 1 saturated heterocycles. The number of primary amides is 1. The Morgan fingerprint density at radius 1 is 1.24 bits per heavy atom. The zero-order valence-corrected chi connectivity index (χ0v) is 21.3. The number of aromatic nitrogens is 5. The van der Waals surface area contributed by atoms with Gasteiger partial charge < -0.3 is 25.8 Å². The van der Waals surface area contributed by atoms with Crippen LogP contribution < -0.4 is 21.3 Å². The van der Waals surface area contributed by atoms with Crippen molar-refractivity contribution >= 4 is 23.2 Å². The molecule has 1 aliphatic rings. The van der Waals surface area contributed by atoms with Crippen molar-refractivity contribution in [2.24, 2.45) is 5.73 Å². The lowest BCUT2D eigenvalue weighted by Crippen LogP contribution is -2.49. The van der Waals surface area contributed by atoms with Crippen LogP contribution in [0.3, 0.4) is 0 Å². The molecular formula is C26H28FN9O2. The number of carbonyl (C=O) groups excluding carboxylic acids is 1. The van der Waals surface area contributed by atoms with Gasteiger partial charge in [0.15, 0.2) is 5.82 Å². The van der Waals surface area contributed by atoms with Crippen LogP contribution in [0.4, 0.5) is 21.7 Å². The number of amides is 1. The second kappa shape index (κ2) is 10.5. The Morgan fingerprint density at radius 3 is 2.79 bits per heavy atom. The van der Waals surface area contributed by atoms with Crippen LogP contribution in [0.15, 0.2) is 47.4 Å². The Bertz CT molecular complexity index is 1460. The molecule has 38 heavy (non-hydrogen) atoms. The minimum absolute atomic E-state index is 0.243. The monoisotopic (exact) mass is 517 g/mol. The summed E-state index contributed by atoms with van der Waals surface area (Å²) in [4.78, 5) is 30.7. The predicted molar refractivity (Wildman–Crippen MR) is 140 cm³/mol. The molecule has 12 heteroatoms. The Labute approximate surface area is 218 Å². The minimum atomic E-state index is -0.817. The number of halogens is 1. The van der Waals surface area contributed by atoms with E-state index in [-0.39, 0.29) is 11.7 Å². The number of benzene rings is 1. The molecule has 1 aromatic carbocycles. The molecule has 1 amide bonds. The van der Waals surface area contributed by atoms with E-state index in [1.54, 1.807) is 32.0 Å². The van der Waals surface area contributed by atoms with Crippen molar-refractivity contribution < 1.29 is 13.7 Å². The number of nitrogens with one attached hydrogen (secondary N) is 2.